The molecular formula is C14H20FN3O. The van der Waals surface area contributed by atoms with Crippen LogP contribution in [0.4, 0.5) is 10.1 Å². The van der Waals surface area contributed by atoms with Crippen LogP contribution in [0.5, 0.6) is 0 Å². The van der Waals surface area contributed by atoms with Crippen LogP contribution in [0.15, 0.2) is 18.2 Å². The number of likely N-dealkylation sites (tertiary alicyclic amines) is 1. The zero-order valence-corrected chi connectivity index (χ0v) is 11.2. The van der Waals surface area contributed by atoms with Crippen molar-refractivity contribution in [1.29, 1.82) is 0 Å². The van der Waals surface area contributed by atoms with Crippen LogP contribution in [0, 0.1) is 5.82 Å². The molecule has 0 bridgehead atoms. The zero-order valence-electron chi connectivity index (χ0n) is 11.2. The minimum absolute atomic E-state index is 0.115. The fourth-order valence-corrected chi connectivity index (χ4v) is 2.37. The van der Waals surface area contributed by atoms with Gasteiger partial charge in [0, 0.05) is 25.2 Å². The first kappa shape index (κ1) is 13.8. The molecule has 0 radical (unpaired) electrons. The number of hydrogen-bond acceptors (Lipinski definition) is 3. The fourth-order valence-electron chi connectivity index (χ4n) is 2.37. The maximum Gasteiger partial charge on any atom is 0.236 e. The number of carbonyl (C=O) groups excluding carboxylic acids is 1. The molecule has 1 heterocycles. The number of likely N-dealkylation sites (N-methyl/N-ethyl adjacent to an activating group) is 1. The summed E-state index contributed by atoms with van der Waals surface area (Å²) in [6, 6.07) is 4.96. The van der Waals surface area contributed by atoms with Gasteiger partial charge in [0.1, 0.15) is 0 Å². The van der Waals surface area contributed by atoms with E-state index in [0.29, 0.717) is 18.7 Å². The summed E-state index contributed by atoms with van der Waals surface area (Å²) in [5.41, 5.74) is 6.20. The van der Waals surface area contributed by atoms with Crippen molar-refractivity contribution in [2.75, 3.05) is 32.4 Å². The van der Waals surface area contributed by atoms with Gasteiger partial charge in [-0.3, -0.25) is 9.69 Å². The zero-order chi connectivity index (χ0) is 13.8. The number of amides is 1. The Morgan fingerprint density at radius 2 is 2.11 bits per heavy atom. The van der Waals surface area contributed by atoms with Crippen molar-refractivity contribution in [3.63, 3.8) is 0 Å². The van der Waals surface area contributed by atoms with E-state index in [9.17, 15) is 9.18 Å². The Morgan fingerprint density at radius 1 is 1.42 bits per heavy atom. The topological polar surface area (TPSA) is 49.6 Å². The lowest BCUT2D eigenvalue weighted by atomic mass is 10.2. The second-order valence-corrected chi connectivity index (χ2v) is 5.08. The summed E-state index contributed by atoms with van der Waals surface area (Å²) in [5.74, 6) is -0.271. The summed E-state index contributed by atoms with van der Waals surface area (Å²) in [5, 5.41) is 0. The van der Waals surface area contributed by atoms with Crippen LogP contribution in [0.1, 0.15) is 18.4 Å². The first-order valence-electron chi connectivity index (χ1n) is 6.57. The van der Waals surface area contributed by atoms with Crippen molar-refractivity contribution in [3.05, 3.63) is 29.6 Å². The van der Waals surface area contributed by atoms with E-state index >= 15 is 0 Å². The van der Waals surface area contributed by atoms with Gasteiger partial charge in [0.25, 0.3) is 0 Å². The number of hydrogen-bond donors (Lipinski definition) is 1. The van der Waals surface area contributed by atoms with E-state index in [0.717, 1.165) is 25.9 Å². The molecule has 104 valence electrons. The second-order valence-electron chi connectivity index (χ2n) is 5.08. The van der Waals surface area contributed by atoms with Crippen LogP contribution in [0.2, 0.25) is 0 Å². The van der Waals surface area contributed by atoms with E-state index < -0.39 is 0 Å². The van der Waals surface area contributed by atoms with E-state index in [1.54, 1.807) is 12.1 Å². The smallest absolute Gasteiger partial charge is 0.236 e. The van der Waals surface area contributed by atoms with Gasteiger partial charge >= 0.3 is 0 Å². The number of nitrogen functional groups attached to an aromatic ring is 1. The molecule has 1 fully saturated rings. The highest BCUT2D eigenvalue weighted by Gasteiger charge is 2.19. The van der Waals surface area contributed by atoms with Crippen LogP contribution in [-0.2, 0) is 11.3 Å². The lowest BCUT2D eigenvalue weighted by Crippen LogP contribution is -2.37. The van der Waals surface area contributed by atoms with Gasteiger partial charge in [-0.05, 0) is 26.0 Å². The Balaban J connectivity index is 1.91. The molecule has 0 aliphatic carbocycles. The summed E-state index contributed by atoms with van der Waals surface area (Å²) in [6.07, 6.45) is 2.17. The van der Waals surface area contributed by atoms with Gasteiger partial charge in [-0.25, -0.2) is 4.39 Å². The molecule has 0 saturated carbocycles. The maximum atomic E-state index is 13.8. The van der Waals surface area contributed by atoms with Gasteiger partial charge in [0.05, 0.1) is 12.2 Å². The molecule has 1 aromatic carbocycles. The largest absolute Gasteiger partial charge is 0.396 e. The van der Waals surface area contributed by atoms with Crippen LogP contribution in [0.25, 0.3) is 0 Å². The van der Waals surface area contributed by atoms with Crippen molar-refractivity contribution in [2.45, 2.75) is 19.4 Å². The third kappa shape index (κ3) is 3.44. The predicted octanol–water partition coefficient (Wildman–Crippen LogP) is 1.46. The second kappa shape index (κ2) is 6.02. The van der Waals surface area contributed by atoms with Crippen LogP contribution in [0.3, 0.4) is 0 Å². The molecule has 2 N–H and O–H groups in total. The average molecular weight is 265 g/mol. The van der Waals surface area contributed by atoms with Crippen LogP contribution < -0.4 is 5.73 Å². The molecule has 1 aromatic rings. The van der Waals surface area contributed by atoms with Gasteiger partial charge in [-0.2, -0.15) is 0 Å². The van der Waals surface area contributed by atoms with Crippen molar-refractivity contribution in [2.24, 2.45) is 0 Å². The molecule has 0 aromatic heterocycles. The van der Waals surface area contributed by atoms with Crippen LogP contribution >= 0.6 is 0 Å². The van der Waals surface area contributed by atoms with Crippen LogP contribution in [-0.4, -0.2) is 42.4 Å². The van der Waals surface area contributed by atoms with Crippen molar-refractivity contribution in [1.82, 2.24) is 9.80 Å². The summed E-state index contributed by atoms with van der Waals surface area (Å²) < 4.78 is 13.8. The molecule has 1 aliphatic rings. The highest BCUT2D eigenvalue weighted by molar-refractivity contribution is 5.78. The average Bonchev–Trinajstić information content (AvgIpc) is 2.88. The molecule has 1 aliphatic heterocycles. The number of anilines is 1. The van der Waals surface area contributed by atoms with Gasteiger partial charge in [-0.1, -0.05) is 12.1 Å². The van der Waals surface area contributed by atoms with E-state index in [1.165, 1.54) is 6.07 Å². The molecule has 0 unspecified atom stereocenters. The summed E-state index contributed by atoms with van der Waals surface area (Å²) >= 11 is 0. The number of nitrogens with zero attached hydrogens (tertiary/aromatic N) is 2. The molecular weight excluding hydrogens is 245 g/mol. The minimum atomic E-state index is -0.386. The van der Waals surface area contributed by atoms with Gasteiger partial charge in [-0.15, -0.1) is 0 Å². The Hall–Kier alpha value is -1.62. The Morgan fingerprint density at radius 3 is 2.79 bits per heavy atom. The van der Waals surface area contributed by atoms with Crippen molar-refractivity contribution >= 4 is 11.6 Å². The van der Waals surface area contributed by atoms with Crippen molar-refractivity contribution < 1.29 is 9.18 Å². The monoisotopic (exact) mass is 265 g/mol. The molecule has 0 spiro atoms. The highest BCUT2D eigenvalue weighted by Crippen LogP contribution is 2.16. The molecule has 0 atom stereocenters. The summed E-state index contributed by atoms with van der Waals surface area (Å²) in [4.78, 5) is 15.6. The van der Waals surface area contributed by atoms with E-state index in [2.05, 4.69) is 0 Å². The van der Waals surface area contributed by atoms with Crippen molar-refractivity contribution in [3.8, 4) is 0 Å². The molecule has 2 rings (SSSR count). The lowest BCUT2D eigenvalue weighted by molar-refractivity contribution is -0.131. The van der Waals surface area contributed by atoms with E-state index in [4.69, 9.17) is 5.73 Å². The first-order chi connectivity index (χ1) is 9.08. The fraction of sp³-hybridized carbons (Fsp3) is 0.500. The molecule has 1 amide bonds. The lowest BCUT2D eigenvalue weighted by Gasteiger charge is -2.21. The van der Waals surface area contributed by atoms with Gasteiger partial charge < -0.3 is 10.6 Å². The number of halogens is 1. The quantitative estimate of drug-likeness (QED) is 0.839. The van der Waals surface area contributed by atoms with E-state index in [1.807, 2.05) is 16.8 Å². The standard InChI is InChI=1S/C14H20FN3O/c1-17(10-13(19)18-7-2-3-8-18)9-11-5-4-6-12(16)14(11)15/h4-6H,2-3,7-10,16H2,1H3. The molecule has 4 nitrogen and oxygen atoms in total. The Bertz CT molecular complexity index is 458. The van der Waals surface area contributed by atoms with E-state index in [-0.39, 0.29) is 17.4 Å². The Labute approximate surface area is 113 Å². The highest BCUT2D eigenvalue weighted by atomic mass is 19.1. The third-order valence-electron chi connectivity index (χ3n) is 3.41. The normalized spacial score (nSPS) is 15.2. The van der Waals surface area contributed by atoms with Gasteiger partial charge in [0.2, 0.25) is 5.91 Å². The third-order valence-corrected chi connectivity index (χ3v) is 3.41. The summed E-state index contributed by atoms with van der Waals surface area (Å²) in [7, 11) is 1.82. The SMILES string of the molecule is CN(CC(=O)N1CCCC1)Cc1cccc(N)c1F. The number of nitrogens with two attached hydrogens (primary N) is 1. The number of rotatable bonds is 4. The molecule has 1 saturated heterocycles. The molecule has 5 heteroatoms. The first-order valence-corrected chi connectivity index (χ1v) is 6.57. The summed E-state index contributed by atoms with van der Waals surface area (Å²) in [6.45, 7) is 2.39. The Kier molecular flexibility index (Phi) is 4.37. The number of benzene rings is 1. The number of carbonyl (C=O) groups is 1. The van der Waals surface area contributed by atoms with Gasteiger partial charge in [0.15, 0.2) is 5.82 Å². The maximum absolute atomic E-state index is 13.8. The predicted molar refractivity (Wildman–Crippen MR) is 73.0 cm³/mol. The minimum Gasteiger partial charge on any atom is -0.396 e. The molecule has 19 heavy (non-hydrogen) atoms.